The Morgan fingerprint density at radius 2 is 1.81 bits per heavy atom. The number of fused-ring (bicyclic) bond motifs is 1. The molecule has 166 valence electrons. The lowest BCUT2D eigenvalue weighted by molar-refractivity contribution is -0.120. The second-order valence-corrected chi connectivity index (χ2v) is 7.97. The van der Waals surface area contributed by atoms with Gasteiger partial charge in [0, 0.05) is 24.9 Å². The zero-order chi connectivity index (χ0) is 22.6. The van der Waals surface area contributed by atoms with Gasteiger partial charge < -0.3 is 20.7 Å². The average Bonchev–Trinajstić information content (AvgIpc) is 3.64. The quantitative estimate of drug-likeness (QED) is 0.447. The highest BCUT2D eigenvalue weighted by Gasteiger charge is 2.51. The van der Waals surface area contributed by atoms with E-state index in [2.05, 4.69) is 20.9 Å². The second-order valence-electron chi connectivity index (χ2n) is 7.97. The van der Waals surface area contributed by atoms with Gasteiger partial charge in [0.05, 0.1) is 12.5 Å². The number of benzene rings is 2. The molecule has 0 unspecified atom stereocenters. The van der Waals surface area contributed by atoms with E-state index in [-0.39, 0.29) is 11.8 Å². The summed E-state index contributed by atoms with van der Waals surface area (Å²) in [5.41, 5.74) is 0.471. The van der Waals surface area contributed by atoms with Gasteiger partial charge in [0.2, 0.25) is 11.8 Å². The Balaban J connectivity index is 1.52. The van der Waals surface area contributed by atoms with E-state index in [1.54, 1.807) is 7.11 Å². The molecule has 3 N–H and O–H groups in total. The number of nitrogens with one attached hydrogen (secondary N) is 3. The van der Waals surface area contributed by atoms with Crippen molar-refractivity contribution in [1.29, 1.82) is 0 Å². The minimum atomic E-state index is -0.516. The minimum absolute atomic E-state index is 0.0129. The number of methoxy groups -OCH3 is 1. The molecule has 7 nitrogen and oxygen atoms in total. The summed E-state index contributed by atoms with van der Waals surface area (Å²) >= 11 is 0. The third-order valence-electron chi connectivity index (χ3n) is 5.87. The standard InChI is InChI=1S/C25H28N4O3/c1-3-22(30)26-14-15-27-23-20-7-5-4-6-17(20)16-21(28-23)29-24(31)25(12-13-25)18-8-10-19(32-2)11-9-18/h4-11,16H,3,12-15H2,1-2H3,(H,26,30)(H2,27,28,29,31). The molecule has 3 aromatic rings. The minimum Gasteiger partial charge on any atom is -0.497 e. The molecule has 2 aromatic carbocycles. The number of hydrogen-bond donors (Lipinski definition) is 3. The van der Waals surface area contributed by atoms with Crippen LogP contribution in [0, 0.1) is 0 Å². The zero-order valence-electron chi connectivity index (χ0n) is 18.4. The number of aromatic nitrogens is 1. The van der Waals surface area contributed by atoms with Gasteiger partial charge in [0.15, 0.2) is 0 Å². The lowest BCUT2D eigenvalue weighted by Crippen LogP contribution is -2.29. The summed E-state index contributed by atoms with van der Waals surface area (Å²) in [6.45, 7) is 2.86. The van der Waals surface area contributed by atoms with E-state index in [0.717, 1.165) is 34.9 Å². The molecular formula is C25H28N4O3. The predicted octanol–water partition coefficient (Wildman–Crippen LogP) is 3.85. The number of carbonyl (C=O) groups excluding carboxylic acids is 2. The van der Waals surface area contributed by atoms with E-state index in [4.69, 9.17) is 4.74 Å². The maximum atomic E-state index is 13.2. The Bertz CT molecular complexity index is 1120. The summed E-state index contributed by atoms with van der Waals surface area (Å²) < 4.78 is 5.23. The molecule has 0 atom stereocenters. The Morgan fingerprint density at radius 3 is 2.50 bits per heavy atom. The number of hydrogen-bond acceptors (Lipinski definition) is 5. The molecule has 1 aliphatic rings. The second kappa shape index (κ2) is 9.26. The number of nitrogens with zero attached hydrogens (tertiary/aromatic N) is 1. The van der Waals surface area contributed by atoms with Gasteiger partial charge in [0.25, 0.3) is 0 Å². The van der Waals surface area contributed by atoms with Crippen molar-refractivity contribution in [3.8, 4) is 5.75 Å². The summed E-state index contributed by atoms with van der Waals surface area (Å²) in [6, 6.07) is 17.5. The van der Waals surface area contributed by atoms with Crippen LogP contribution in [0.3, 0.4) is 0 Å². The lowest BCUT2D eigenvalue weighted by Gasteiger charge is -2.17. The molecule has 7 heteroatoms. The van der Waals surface area contributed by atoms with Gasteiger partial charge in [-0.25, -0.2) is 4.98 Å². The van der Waals surface area contributed by atoms with Crippen molar-refractivity contribution in [2.45, 2.75) is 31.6 Å². The van der Waals surface area contributed by atoms with Gasteiger partial charge in [0.1, 0.15) is 17.4 Å². The lowest BCUT2D eigenvalue weighted by atomic mass is 9.95. The van der Waals surface area contributed by atoms with Crippen LogP contribution in [0.25, 0.3) is 10.8 Å². The summed E-state index contributed by atoms with van der Waals surface area (Å²) in [7, 11) is 1.63. The summed E-state index contributed by atoms with van der Waals surface area (Å²) in [4.78, 5) is 29.3. The van der Waals surface area contributed by atoms with E-state index < -0.39 is 5.41 Å². The van der Waals surface area contributed by atoms with Crippen molar-refractivity contribution < 1.29 is 14.3 Å². The fourth-order valence-electron chi connectivity index (χ4n) is 3.82. The van der Waals surface area contributed by atoms with Crippen molar-refractivity contribution in [3.05, 3.63) is 60.2 Å². The van der Waals surface area contributed by atoms with Gasteiger partial charge >= 0.3 is 0 Å². The van der Waals surface area contributed by atoms with Gasteiger partial charge in [-0.1, -0.05) is 43.3 Å². The Kier molecular flexibility index (Phi) is 6.25. The van der Waals surface area contributed by atoms with Crippen molar-refractivity contribution in [3.63, 3.8) is 0 Å². The largest absolute Gasteiger partial charge is 0.497 e. The SMILES string of the molecule is CCC(=O)NCCNc1nc(NC(=O)C2(c3ccc(OC)cc3)CC2)cc2ccccc12. The van der Waals surface area contributed by atoms with Crippen LogP contribution in [0.2, 0.25) is 0 Å². The molecular weight excluding hydrogens is 404 g/mol. The molecule has 0 bridgehead atoms. The number of pyridine rings is 1. The first kappa shape index (κ1) is 21.6. The number of carbonyl (C=O) groups is 2. The number of ether oxygens (including phenoxy) is 1. The maximum Gasteiger partial charge on any atom is 0.236 e. The monoisotopic (exact) mass is 432 g/mol. The molecule has 1 aliphatic carbocycles. The highest BCUT2D eigenvalue weighted by molar-refractivity contribution is 6.03. The molecule has 1 aromatic heterocycles. The fraction of sp³-hybridized carbons (Fsp3) is 0.320. The Labute approximate surface area is 187 Å². The molecule has 0 radical (unpaired) electrons. The number of amides is 2. The first-order chi connectivity index (χ1) is 15.6. The first-order valence-electron chi connectivity index (χ1n) is 10.9. The Hall–Kier alpha value is -3.61. The van der Waals surface area contributed by atoms with Crippen molar-refractivity contribution in [2.24, 2.45) is 0 Å². The van der Waals surface area contributed by atoms with Gasteiger partial charge in [-0.15, -0.1) is 0 Å². The van der Waals surface area contributed by atoms with Crippen LogP contribution >= 0.6 is 0 Å². The molecule has 1 fully saturated rings. The molecule has 0 aliphatic heterocycles. The highest BCUT2D eigenvalue weighted by atomic mass is 16.5. The smallest absolute Gasteiger partial charge is 0.236 e. The summed E-state index contributed by atoms with van der Waals surface area (Å²) in [5, 5.41) is 11.1. The van der Waals surface area contributed by atoms with Crippen LogP contribution in [0.5, 0.6) is 5.75 Å². The van der Waals surface area contributed by atoms with Crippen LogP contribution < -0.4 is 20.7 Å². The molecule has 0 saturated heterocycles. The van der Waals surface area contributed by atoms with Crippen LogP contribution in [0.15, 0.2) is 54.6 Å². The Morgan fingerprint density at radius 1 is 1.06 bits per heavy atom. The van der Waals surface area contributed by atoms with Crippen LogP contribution in [0.1, 0.15) is 31.7 Å². The summed E-state index contributed by atoms with van der Waals surface area (Å²) in [6.07, 6.45) is 2.07. The van der Waals surface area contributed by atoms with Gasteiger partial charge in [-0.2, -0.15) is 0 Å². The zero-order valence-corrected chi connectivity index (χ0v) is 18.4. The van der Waals surface area contributed by atoms with Gasteiger partial charge in [-0.05, 0) is 42.0 Å². The fourth-order valence-corrected chi connectivity index (χ4v) is 3.82. The number of anilines is 2. The third kappa shape index (κ3) is 4.51. The van der Waals surface area contributed by atoms with Crippen LogP contribution in [0.4, 0.5) is 11.6 Å². The average molecular weight is 433 g/mol. The maximum absolute atomic E-state index is 13.2. The van der Waals surface area contributed by atoms with Crippen LogP contribution in [-0.4, -0.2) is 37.0 Å². The van der Waals surface area contributed by atoms with Crippen molar-refractivity contribution in [1.82, 2.24) is 10.3 Å². The predicted molar refractivity (Wildman–Crippen MR) is 126 cm³/mol. The molecule has 1 saturated carbocycles. The van der Waals surface area contributed by atoms with E-state index in [1.165, 1.54) is 0 Å². The molecule has 4 rings (SSSR count). The van der Waals surface area contributed by atoms with Crippen molar-refractivity contribution in [2.75, 3.05) is 30.8 Å². The normalized spacial score (nSPS) is 13.9. The van der Waals surface area contributed by atoms with Gasteiger partial charge in [-0.3, -0.25) is 9.59 Å². The first-order valence-corrected chi connectivity index (χ1v) is 10.9. The van der Waals surface area contributed by atoms with E-state index >= 15 is 0 Å². The number of rotatable bonds is 9. The molecule has 0 spiro atoms. The van der Waals surface area contributed by atoms with E-state index in [0.29, 0.717) is 31.1 Å². The topological polar surface area (TPSA) is 92.4 Å². The van der Waals surface area contributed by atoms with E-state index in [1.807, 2.05) is 61.5 Å². The van der Waals surface area contributed by atoms with Crippen LogP contribution in [-0.2, 0) is 15.0 Å². The summed E-state index contributed by atoms with van der Waals surface area (Å²) in [5.74, 6) is 1.92. The molecule has 2 amide bonds. The van der Waals surface area contributed by atoms with E-state index in [9.17, 15) is 9.59 Å². The third-order valence-corrected chi connectivity index (χ3v) is 5.87. The molecule has 1 heterocycles. The van der Waals surface area contributed by atoms with Crippen molar-refractivity contribution >= 4 is 34.2 Å². The molecule has 32 heavy (non-hydrogen) atoms. The highest BCUT2D eigenvalue weighted by Crippen LogP contribution is 2.49.